The molecule has 2 rings (SSSR count). The molecule has 0 aromatic carbocycles. The van der Waals surface area contributed by atoms with E-state index in [9.17, 15) is 14.7 Å². The lowest BCUT2D eigenvalue weighted by atomic mass is 9.78. The number of carbonyl (C=O) groups is 2. The number of aliphatic carboxylic acids is 1. The van der Waals surface area contributed by atoms with Gasteiger partial charge in [-0.15, -0.1) is 0 Å². The van der Waals surface area contributed by atoms with Crippen molar-refractivity contribution in [2.24, 2.45) is 17.8 Å². The first-order valence-corrected chi connectivity index (χ1v) is 8.19. The number of carboxylic acid groups (broad SMARTS) is 1. The average Bonchev–Trinajstić information content (AvgIpc) is 2.96. The van der Waals surface area contributed by atoms with Crippen molar-refractivity contribution in [3.8, 4) is 0 Å². The van der Waals surface area contributed by atoms with E-state index in [-0.39, 0.29) is 11.8 Å². The molecule has 2 aliphatic carbocycles. The Hall–Kier alpha value is -1.06. The van der Waals surface area contributed by atoms with Crippen LogP contribution in [-0.4, -0.2) is 23.5 Å². The largest absolute Gasteiger partial charge is 0.481 e. The molecule has 0 heterocycles. The third kappa shape index (κ3) is 4.22. The minimum absolute atomic E-state index is 0.0384. The van der Waals surface area contributed by atoms with E-state index in [0.29, 0.717) is 13.0 Å². The Labute approximate surface area is 121 Å². The van der Waals surface area contributed by atoms with Gasteiger partial charge in [-0.2, -0.15) is 0 Å². The van der Waals surface area contributed by atoms with E-state index in [1.54, 1.807) is 0 Å². The molecule has 20 heavy (non-hydrogen) atoms. The predicted octanol–water partition coefficient (Wildman–Crippen LogP) is 2.96. The molecule has 0 radical (unpaired) electrons. The summed E-state index contributed by atoms with van der Waals surface area (Å²) in [5.74, 6) is -0.779. The highest BCUT2D eigenvalue weighted by Crippen LogP contribution is 2.31. The van der Waals surface area contributed by atoms with E-state index in [0.717, 1.165) is 31.6 Å². The van der Waals surface area contributed by atoms with E-state index >= 15 is 0 Å². The third-order valence-electron chi connectivity index (χ3n) is 4.98. The number of amides is 1. The first-order chi connectivity index (χ1) is 9.68. The molecular formula is C16H27NO3. The molecule has 4 heteroatoms. The Morgan fingerprint density at radius 2 is 1.55 bits per heavy atom. The molecule has 2 fully saturated rings. The molecule has 2 aliphatic rings. The second-order valence-corrected chi connectivity index (χ2v) is 6.42. The summed E-state index contributed by atoms with van der Waals surface area (Å²) in [5.41, 5.74) is 0. The molecule has 0 aromatic heterocycles. The van der Waals surface area contributed by atoms with Gasteiger partial charge in [0.25, 0.3) is 0 Å². The van der Waals surface area contributed by atoms with Gasteiger partial charge in [-0.25, -0.2) is 0 Å². The summed E-state index contributed by atoms with van der Waals surface area (Å²) in [6.07, 6.45) is 10.9. The van der Waals surface area contributed by atoms with Crippen molar-refractivity contribution in [3.05, 3.63) is 0 Å². The molecule has 0 aliphatic heterocycles. The van der Waals surface area contributed by atoms with E-state index in [1.165, 1.54) is 32.1 Å². The Morgan fingerprint density at radius 3 is 2.20 bits per heavy atom. The summed E-state index contributed by atoms with van der Waals surface area (Å²) >= 11 is 0. The van der Waals surface area contributed by atoms with Crippen LogP contribution >= 0.6 is 0 Å². The molecule has 4 nitrogen and oxygen atoms in total. The van der Waals surface area contributed by atoms with Gasteiger partial charge < -0.3 is 10.4 Å². The van der Waals surface area contributed by atoms with Crippen LogP contribution in [0.1, 0.15) is 64.2 Å². The van der Waals surface area contributed by atoms with Crippen LogP contribution in [0.25, 0.3) is 0 Å². The van der Waals surface area contributed by atoms with Crippen molar-refractivity contribution in [2.45, 2.75) is 64.2 Å². The van der Waals surface area contributed by atoms with Crippen LogP contribution in [0.15, 0.2) is 0 Å². The molecule has 0 aromatic rings. The maximum atomic E-state index is 12.1. The predicted molar refractivity (Wildman–Crippen MR) is 77.3 cm³/mol. The summed E-state index contributed by atoms with van der Waals surface area (Å²) in [7, 11) is 0. The van der Waals surface area contributed by atoms with E-state index in [2.05, 4.69) is 5.32 Å². The smallest absolute Gasteiger partial charge is 0.307 e. The molecule has 114 valence electrons. The van der Waals surface area contributed by atoms with Crippen molar-refractivity contribution in [2.75, 3.05) is 6.54 Å². The van der Waals surface area contributed by atoms with Crippen molar-refractivity contribution < 1.29 is 14.7 Å². The zero-order chi connectivity index (χ0) is 14.4. The zero-order valence-electron chi connectivity index (χ0n) is 12.3. The summed E-state index contributed by atoms with van der Waals surface area (Å²) in [6.45, 7) is 0.707. The Kier molecular flexibility index (Phi) is 5.86. The van der Waals surface area contributed by atoms with Crippen LogP contribution in [0, 0.1) is 17.8 Å². The lowest BCUT2D eigenvalue weighted by Gasteiger charge is -2.27. The van der Waals surface area contributed by atoms with Gasteiger partial charge in [0.1, 0.15) is 0 Å². The summed E-state index contributed by atoms with van der Waals surface area (Å²) in [6, 6.07) is 0. The topological polar surface area (TPSA) is 66.4 Å². The van der Waals surface area contributed by atoms with Gasteiger partial charge in [0.2, 0.25) is 5.91 Å². The number of hydrogen-bond acceptors (Lipinski definition) is 2. The fourth-order valence-corrected chi connectivity index (χ4v) is 3.77. The highest BCUT2D eigenvalue weighted by molar-refractivity contribution is 5.84. The summed E-state index contributed by atoms with van der Waals surface area (Å²) < 4.78 is 0. The molecule has 0 spiro atoms. The van der Waals surface area contributed by atoms with Gasteiger partial charge in [0.05, 0.1) is 11.8 Å². The van der Waals surface area contributed by atoms with Gasteiger partial charge in [-0.1, -0.05) is 38.5 Å². The molecular weight excluding hydrogens is 254 g/mol. The maximum absolute atomic E-state index is 12.1. The Balaban J connectivity index is 1.68. The Morgan fingerprint density at radius 1 is 0.950 bits per heavy atom. The normalized spacial score (nSPS) is 27.4. The SMILES string of the molecule is O=C(O)[C@H]1CCCC[C@H]1C(=O)NCCCC1CCCC1. The second kappa shape index (κ2) is 7.65. The number of carbonyl (C=O) groups excluding carboxylic acids is 1. The zero-order valence-corrected chi connectivity index (χ0v) is 12.3. The minimum atomic E-state index is -0.809. The van der Waals surface area contributed by atoms with Crippen molar-refractivity contribution in [1.82, 2.24) is 5.32 Å². The summed E-state index contributed by atoms with van der Waals surface area (Å²) in [4.78, 5) is 23.3. The maximum Gasteiger partial charge on any atom is 0.307 e. The van der Waals surface area contributed by atoms with Gasteiger partial charge in [-0.05, 0) is 31.6 Å². The average molecular weight is 281 g/mol. The fourth-order valence-electron chi connectivity index (χ4n) is 3.77. The first-order valence-electron chi connectivity index (χ1n) is 8.19. The van der Waals surface area contributed by atoms with Gasteiger partial charge in [0.15, 0.2) is 0 Å². The van der Waals surface area contributed by atoms with Crippen LogP contribution in [-0.2, 0) is 9.59 Å². The first kappa shape index (κ1) is 15.3. The number of nitrogens with one attached hydrogen (secondary N) is 1. The number of carboxylic acids is 1. The van der Waals surface area contributed by atoms with E-state index in [1.807, 2.05) is 0 Å². The lowest BCUT2D eigenvalue weighted by molar-refractivity contribution is -0.148. The quantitative estimate of drug-likeness (QED) is 0.736. The van der Waals surface area contributed by atoms with Gasteiger partial charge >= 0.3 is 5.97 Å². The van der Waals surface area contributed by atoms with Crippen LogP contribution in [0.5, 0.6) is 0 Å². The van der Waals surface area contributed by atoms with E-state index < -0.39 is 11.9 Å². The molecule has 0 bridgehead atoms. The highest BCUT2D eigenvalue weighted by atomic mass is 16.4. The van der Waals surface area contributed by atoms with Crippen LogP contribution in [0.2, 0.25) is 0 Å². The Bertz CT molecular complexity index is 337. The minimum Gasteiger partial charge on any atom is -0.481 e. The molecule has 2 N–H and O–H groups in total. The monoisotopic (exact) mass is 281 g/mol. The van der Waals surface area contributed by atoms with Crippen molar-refractivity contribution >= 4 is 11.9 Å². The third-order valence-corrected chi connectivity index (χ3v) is 4.98. The van der Waals surface area contributed by atoms with Crippen LogP contribution in [0.3, 0.4) is 0 Å². The summed E-state index contributed by atoms with van der Waals surface area (Å²) in [5, 5.41) is 12.2. The lowest BCUT2D eigenvalue weighted by Crippen LogP contribution is -2.40. The molecule has 2 saturated carbocycles. The molecule has 0 unspecified atom stereocenters. The fraction of sp³-hybridized carbons (Fsp3) is 0.875. The molecule has 1 amide bonds. The van der Waals surface area contributed by atoms with Crippen LogP contribution < -0.4 is 5.32 Å². The van der Waals surface area contributed by atoms with Gasteiger partial charge in [-0.3, -0.25) is 9.59 Å². The van der Waals surface area contributed by atoms with E-state index in [4.69, 9.17) is 0 Å². The second-order valence-electron chi connectivity index (χ2n) is 6.42. The number of hydrogen-bond donors (Lipinski definition) is 2. The highest BCUT2D eigenvalue weighted by Gasteiger charge is 2.35. The standard InChI is InChI=1S/C16H27NO3/c18-15(13-9-3-4-10-14(13)16(19)20)17-11-5-8-12-6-1-2-7-12/h12-14H,1-11H2,(H,17,18)(H,19,20)/t13-,14+/m1/s1. The molecule has 0 saturated heterocycles. The van der Waals surface area contributed by atoms with Crippen molar-refractivity contribution in [1.29, 1.82) is 0 Å². The van der Waals surface area contributed by atoms with Crippen LogP contribution in [0.4, 0.5) is 0 Å². The van der Waals surface area contributed by atoms with Gasteiger partial charge in [0, 0.05) is 6.54 Å². The van der Waals surface area contributed by atoms with Crippen molar-refractivity contribution in [3.63, 3.8) is 0 Å². The molecule has 2 atom stereocenters. The number of rotatable bonds is 6.